The first-order valence-corrected chi connectivity index (χ1v) is 7.80. The Morgan fingerprint density at radius 1 is 1.30 bits per heavy atom. The van der Waals surface area contributed by atoms with Crippen LogP contribution in [0, 0.1) is 11.7 Å². The molecule has 2 fully saturated rings. The van der Waals surface area contributed by atoms with E-state index >= 15 is 0 Å². The van der Waals surface area contributed by atoms with Crippen LogP contribution < -0.4 is 10.5 Å². The number of halogens is 3. The predicted molar refractivity (Wildman–Crippen MR) is 79.9 cm³/mol. The van der Waals surface area contributed by atoms with Crippen LogP contribution in [0.1, 0.15) is 43.8 Å². The Kier molecular flexibility index (Phi) is 4.36. The second-order valence-electron chi connectivity index (χ2n) is 6.57. The first-order chi connectivity index (χ1) is 10.7. The van der Waals surface area contributed by atoms with Crippen molar-refractivity contribution in [3.8, 4) is 5.75 Å². The maximum absolute atomic E-state index is 13.8. The quantitative estimate of drug-likeness (QED) is 0.864. The van der Waals surface area contributed by atoms with Crippen molar-refractivity contribution in [3.05, 3.63) is 29.6 Å². The van der Waals surface area contributed by atoms with Crippen LogP contribution in [0.3, 0.4) is 0 Å². The molecule has 7 heteroatoms. The van der Waals surface area contributed by atoms with Gasteiger partial charge in [0.25, 0.3) is 0 Å². The summed E-state index contributed by atoms with van der Waals surface area (Å²) in [6.07, 6.45) is 0.686. The zero-order valence-corrected chi connectivity index (χ0v) is 12.7. The lowest BCUT2D eigenvalue weighted by atomic mass is 9.79. The Morgan fingerprint density at radius 3 is 2.57 bits per heavy atom. The van der Waals surface area contributed by atoms with E-state index in [1.165, 1.54) is 6.07 Å². The van der Waals surface area contributed by atoms with Crippen LogP contribution in [0.4, 0.5) is 13.2 Å². The summed E-state index contributed by atoms with van der Waals surface area (Å²) in [6.45, 7) is 0.236. The smallest absolute Gasteiger partial charge is 0.248 e. The molecule has 124 valence electrons. The lowest BCUT2D eigenvalue weighted by molar-refractivity contribution is -0.154. The Bertz CT molecular complexity index is 564. The highest BCUT2D eigenvalue weighted by molar-refractivity contribution is 6.14. The SMILES string of the molecule is [B]C1(N)CC(c2ccc(F)c(OCC3CCC(F)(F)CC3)c2)O1. The van der Waals surface area contributed by atoms with Crippen molar-refractivity contribution in [1.82, 2.24) is 0 Å². The number of ether oxygens (including phenoxy) is 2. The van der Waals surface area contributed by atoms with Gasteiger partial charge in [-0.05, 0) is 36.5 Å². The zero-order chi connectivity index (χ0) is 16.7. The molecule has 2 atom stereocenters. The summed E-state index contributed by atoms with van der Waals surface area (Å²) in [5, 5.41) is 0. The number of hydrogen-bond donors (Lipinski definition) is 1. The molecule has 1 aromatic rings. The molecule has 1 saturated carbocycles. The minimum absolute atomic E-state index is 0.0263. The molecule has 1 aliphatic carbocycles. The van der Waals surface area contributed by atoms with Gasteiger partial charge in [0.15, 0.2) is 11.6 Å². The van der Waals surface area contributed by atoms with Gasteiger partial charge in [0.05, 0.1) is 18.3 Å². The number of nitrogens with two attached hydrogens (primary N) is 1. The Labute approximate surface area is 134 Å². The molecule has 0 amide bonds. The van der Waals surface area contributed by atoms with E-state index in [-0.39, 0.29) is 37.2 Å². The van der Waals surface area contributed by atoms with Gasteiger partial charge in [0.2, 0.25) is 5.92 Å². The summed E-state index contributed by atoms with van der Waals surface area (Å²) in [5.74, 6) is -2.92. The lowest BCUT2D eigenvalue weighted by Gasteiger charge is -2.43. The van der Waals surface area contributed by atoms with E-state index in [2.05, 4.69) is 0 Å². The summed E-state index contributed by atoms with van der Waals surface area (Å²) < 4.78 is 50.9. The van der Waals surface area contributed by atoms with Crippen molar-refractivity contribution in [2.75, 3.05) is 6.61 Å². The van der Waals surface area contributed by atoms with Crippen molar-refractivity contribution in [3.63, 3.8) is 0 Å². The lowest BCUT2D eigenvalue weighted by Crippen LogP contribution is -2.54. The Balaban J connectivity index is 1.57. The maximum atomic E-state index is 13.8. The molecular formula is C16H19BF3NO2. The topological polar surface area (TPSA) is 44.5 Å². The largest absolute Gasteiger partial charge is 0.490 e. The number of hydrogen-bond acceptors (Lipinski definition) is 3. The standard InChI is InChI=1S/C16H19BF3NO2/c17-16(21)8-14(23-16)11-1-2-12(18)13(7-11)22-9-10-3-5-15(19,20)6-4-10/h1-2,7,10,14H,3-6,8-9,21H2. The van der Waals surface area contributed by atoms with Crippen molar-refractivity contribution in [1.29, 1.82) is 0 Å². The minimum Gasteiger partial charge on any atom is -0.490 e. The van der Waals surface area contributed by atoms with Crippen molar-refractivity contribution < 1.29 is 22.6 Å². The van der Waals surface area contributed by atoms with Gasteiger partial charge in [-0.15, -0.1) is 0 Å². The average Bonchev–Trinajstić information content (AvgIpc) is 2.45. The van der Waals surface area contributed by atoms with Gasteiger partial charge in [-0.2, -0.15) is 0 Å². The molecule has 3 rings (SSSR count). The van der Waals surface area contributed by atoms with Crippen LogP contribution in [0.15, 0.2) is 18.2 Å². The van der Waals surface area contributed by atoms with Crippen LogP contribution >= 0.6 is 0 Å². The van der Waals surface area contributed by atoms with Gasteiger partial charge in [0, 0.05) is 19.3 Å². The second-order valence-corrected chi connectivity index (χ2v) is 6.57. The van der Waals surface area contributed by atoms with E-state index in [0.29, 0.717) is 19.3 Å². The third-order valence-electron chi connectivity index (χ3n) is 4.50. The van der Waals surface area contributed by atoms with E-state index in [4.69, 9.17) is 23.1 Å². The van der Waals surface area contributed by atoms with Crippen LogP contribution in [-0.4, -0.2) is 26.0 Å². The molecule has 23 heavy (non-hydrogen) atoms. The normalized spacial score (nSPS) is 30.7. The molecular weight excluding hydrogens is 306 g/mol. The highest BCUT2D eigenvalue weighted by atomic mass is 19.3. The second kappa shape index (κ2) is 6.02. The minimum atomic E-state index is -2.57. The van der Waals surface area contributed by atoms with Gasteiger partial charge in [0.1, 0.15) is 7.85 Å². The van der Waals surface area contributed by atoms with E-state index in [0.717, 1.165) is 5.56 Å². The molecule has 2 radical (unpaired) electrons. The van der Waals surface area contributed by atoms with E-state index in [1.54, 1.807) is 12.1 Å². The van der Waals surface area contributed by atoms with Gasteiger partial charge in [-0.25, -0.2) is 13.2 Å². The number of benzene rings is 1. The van der Waals surface area contributed by atoms with E-state index in [1.807, 2.05) is 0 Å². The summed E-state index contributed by atoms with van der Waals surface area (Å²) in [5.41, 5.74) is 5.19. The van der Waals surface area contributed by atoms with Crippen molar-refractivity contribution in [2.24, 2.45) is 11.7 Å². The molecule has 2 unspecified atom stereocenters. The molecule has 1 aliphatic heterocycles. The fraction of sp³-hybridized carbons (Fsp3) is 0.625. The summed E-state index contributed by atoms with van der Waals surface area (Å²) in [4.78, 5) is 0. The van der Waals surface area contributed by atoms with Gasteiger partial charge >= 0.3 is 0 Å². The fourth-order valence-electron chi connectivity index (χ4n) is 3.04. The van der Waals surface area contributed by atoms with Crippen LogP contribution in [0.25, 0.3) is 0 Å². The number of rotatable bonds is 4. The van der Waals surface area contributed by atoms with Crippen molar-refractivity contribution in [2.45, 2.75) is 49.8 Å². The zero-order valence-electron chi connectivity index (χ0n) is 12.7. The van der Waals surface area contributed by atoms with Gasteiger partial charge in [-0.1, -0.05) is 6.07 Å². The molecule has 2 aliphatic rings. The Hall–Kier alpha value is -1.21. The molecule has 1 saturated heterocycles. The molecule has 0 aromatic heterocycles. The summed E-state index contributed by atoms with van der Waals surface area (Å²) >= 11 is 0. The highest BCUT2D eigenvalue weighted by Gasteiger charge is 2.38. The predicted octanol–water partition coefficient (Wildman–Crippen LogP) is 3.27. The summed E-state index contributed by atoms with van der Waals surface area (Å²) in [6, 6.07) is 4.46. The fourth-order valence-corrected chi connectivity index (χ4v) is 3.04. The highest BCUT2D eigenvalue weighted by Crippen LogP contribution is 2.40. The molecule has 1 aromatic carbocycles. The third-order valence-corrected chi connectivity index (χ3v) is 4.50. The first kappa shape index (κ1) is 16.6. The molecule has 1 heterocycles. The van der Waals surface area contributed by atoms with Crippen LogP contribution in [0.5, 0.6) is 5.75 Å². The monoisotopic (exact) mass is 325 g/mol. The van der Waals surface area contributed by atoms with Crippen LogP contribution in [0.2, 0.25) is 0 Å². The number of alkyl halides is 2. The maximum Gasteiger partial charge on any atom is 0.248 e. The van der Waals surface area contributed by atoms with Crippen molar-refractivity contribution >= 4 is 7.85 Å². The molecule has 0 bridgehead atoms. The van der Waals surface area contributed by atoms with E-state index < -0.39 is 17.4 Å². The van der Waals surface area contributed by atoms with E-state index in [9.17, 15) is 13.2 Å². The molecule has 3 nitrogen and oxygen atoms in total. The molecule has 0 spiro atoms. The average molecular weight is 325 g/mol. The first-order valence-electron chi connectivity index (χ1n) is 7.80. The third kappa shape index (κ3) is 4.01. The molecule has 2 N–H and O–H groups in total. The van der Waals surface area contributed by atoms with Gasteiger partial charge in [-0.3, -0.25) is 0 Å². The van der Waals surface area contributed by atoms with Crippen LogP contribution in [-0.2, 0) is 4.74 Å². The summed E-state index contributed by atoms with van der Waals surface area (Å²) in [7, 11) is 5.58. The Morgan fingerprint density at radius 2 is 1.96 bits per heavy atom. The van der Waals surface area contributed by atoms with Gasteiger partial charge < -0.3 is 15.2 Å².